The summed E-state index contributed by atoms with van der Waals surface area (Å²) < 4.78 is 19.5. The summed E-state index contributed by atoms with van der Waals surface area (Å²) in [5.74, 6) is -2.34. The zero-order valence-corrected chi connectivity index (χ0v) is 51.1. The van der Waals surface area contributed by atoms with Gasteiger partial charge in [0, 0.05) is 69.8 Å². The zero-order valence-electron chi connectivity index (χ0n) is 49.5. The average Bonchev–Trinajstić information content (AvgIpc) is 4.47. The van der Waals surface area contributed by atoms with Crippen molar-refractivity contribution >= 4 is 79.9 Å². The summed E-state index contributed by atoms with van der Waals surface area (Å²) in [7, 11) is 0. The molecule has 4 heterocycles. The highest BCUT2D eigenvalue weighted by Crippen LogP contribution is 2.31. The molecule has 1 saturated heterocycles. The quantitative estimate of drug-likeness (QED) is 0.0254. The number of aromatic nitrogens is 2. The van der Waals surface area contributed by atoms with Gasteiger partial charge >= 0.3 is 0 Å². The molecule has 5 aromatic rings. The van der Waals surface area contributed by atoms with Crippen molar-refractivity contribution in [2.24, 2.45) is 17.3 Å². The van der Waals surface area contributed by atoms with E-state index in [0.29, 0.717) is 90.3 Å². The summed E-state index contributed by atoms with van der Waals surface area (Å²) in [5, 5.41) is 27.7. The maximum atomic E-state index is 13.8. The van der Waals surface area contributed by atoms with Crippen molar-refractivity contribution in [2.75, 3.05) is 77.3 Å². The van der Waals surface area contributed by atoms with E-state index in [9.17, 15) is 38.7 Å². The molecule has 0 bridgehead atoms. The number of carbonyl (C=O) groups excluding carboxylic acids is 7. The van der Waals surface area contributed by atoms with Crippen LogP contribution in [-0.4, -0.2) is 151 Å². The van der Waals surface area contributed by atoms with Crippen LogP contribution in [0, 0.1) is 31.1 Å². The minimum Gasteiger partial charge on any atom is -0.390 e. The third kappa shape index (κ3) is 19.0. The number of thiophene rings is 1. The van der Waals surface area contributed by atoms with E-state index < -0.39 is 23.5 Å². The van der Waals surface area contributed by atoms with E-state index in [0.717, 1.165) is 56.0 Å². The summed E-state index contributed by atoms with van der Waals surface area (Å²) in [4.78, 5) is 101. The second kappa shape index (κ2) is 32.1. The molecule has 2 aliphatic rings. The molecule has 1 aliphatic heterocycles. The number of unbranched alkanes of at least 4 members (excludes halogenated alkanes) is 2. The van der Waals surface area contributed by atoms with Gasteiger partial charge in [-0.05, 0) is 111 Å². The number of amides is 7. The molecule has 6 N–H and O–H groups in total. The van der Waals surface area contributed by atoms with E-state index >= 15 is 0 Å². The molecule has 1 unspecified atom stereocenters. The van der Waals surface area contributed by atoms with Gasteiger partial charge in [-0.1, -0.05) is 63.6 Å². The van der Waals surface area contributed by atoms with Gasteiger partial charge in [0.05, 0.1) is 78.0 Å². The van der Waals surface area contributed by atoms with Gasteiger partial charge in [0.1, 0.15) is 18.3 Å². The van der Waals surface area contributed by atoms with Crippen LogP contribution in [0.5, 0.6) is 0 Å². The third-order valence-electron chi connectivity index (χ3n) is 15.4. The number of hydrogen-bond acceptors (Lipinski definition) is 14. The Hall–Kier alpha value is -6.56. The monoisotopic (exact) mass is 1200 g/mol. The van der Waals surface area contributed by atoms with Gasteiger partial charge < -0.3 is 60.3 Å². The predicted molar refractivity (Wildman–Crippen MR) is 325 cm³/mol. The number of thiazole rings is 1. The lowest BCUT2D eigenvalue weighted by Gasteiger charge is -2.33. The van der Waals surface area contributed by atoms with Crippen LogP contribution < -0.4 is 31.5 Å². The highest BCUT2D eigenvalue weighted by molar-refractivity contribution is 7.17. The minimum atomic E-state index is -1.04. The largest absolute Gasteiger partial charge is 0.390 e. The number of aliphatic hydroxyl groups excluding tert-OH is 1. The molecule has 20 nitrogen and oxygen atoms in total. The molecule has 1 saturated carbocycles. The van der Waals surface area contributed by atoms with Crippen molar-refractivity contribution in [3.05, 3.63) is 94.1 Å². The molecule has 22 heteroatoms. The first-order chi connectivity index (χ1) is 40.4. The Morgan fingerprint density at radius 1 is 0.774 bits per heavy atom. The molecule has 1 aliphatic carbocycles. The van der Waals surface area contributed by atoms with Crippen molar-refractivity contribution in [2.45, 2.75) is 131 Å². The van der Waals surface area contributed by atoms with Crippen LogP contribution in [0.4, 0.5) is 5.69 Å². The number of anilines is 1. The first kappa shape index (κ1) is 65.0. The Labute approximate surface area is 501 Å². The maximum Gasteiger partial charge on any atom is 0.268 e. The predicted octanol–water partition coefficient (Wildman–Crippen LogP) is 6.68. The number of benzene rings is 2. The number of nitrogens with one attached hydrogen (secondary N) is 5. The Morgan fingerprint density at radius 2 is 1.50 bits per heavy atom. The second-order valence-electron chi connectivity index (χ2n) is 22.8. The van der Waals surface area contributed by atoms with Gasteiger partial charge in [0.15, 0.2) is 0 Å². The average molecular weight is 1200 g/mol. The number of likely N-dealkylation sites (tertiary alicyclic amines) is 1. The number of β-amino-alcohol motifs (C(OH)–C–C–N with tert-alkyl or cyclic N) is 1. The summed E-state index contributed by atoms with van der Waals surface area (Å²) in [6.07, 6.45) is 4.34. The van der Waals surface area contributed by atoms with Crippen molar-refractivity contribution in [3.63, 3.8) is 0 Å². The molecular formula is C62H85N9O11S2. The first-order valence-corrected chi connectivity index (χ1v) is 31.2. The molecule has 2 fully saturated rings. The highest BCUT2D eigenvalue weighted by atomic mass is 32.1. The van der Waals surface area contributed by atoms with Crippen LogP contribution in [0.3, 0.4) is 0 Å². The highest BCUT2D eigenvalue weighted by Gasteiger charge is 2.43. The van der Waals surface area contributed by atoms with Crippen LogP contribution in [-0.2, 0) is 56.1 Å². The van der Waals surface area contributed by atoms with Crippen LogP contribution in [0.1, 0.15) is 113 Å². The van der Waals surface area contributed by atoms with Gasteiger partial charge in [-0.15, -0.1) is 22.7 Å². The van der Waals surface area contributed by atoms with E-state index in [4.69, 9.17) is 14.2 Å². The zero-order chi connectivity index (χ0) is 60.2. The molecular weight excluding hydrogens is 1110 g/mol. The van der Waals surface area contributed by atoms with Crippen molar-refractivity contribution in [3.8, 4) is 10.4 Å². The van der Waals surface area contributed by atoms with E-state index in [-0.39, 0.29) is 99.1 Å². The normalized spacial score (nSPS) is 17.4. The number of likely N-dealkylation sites (N-methyl/N-ethyl adjacent to an activating group) is 1. The number of nitrogens with zero attached hydrogens (tertiary/aromatic N) is 4. The van der Waals surface area contributed by atoms with E-state index in [1.165, 1.54) is 16.2 Å². The molecule has 3 atom stereocenters. The lowest BCUT2D eigenvalue weighted by Crippen LogP contribution is -2.54. The molecule has 0 spiro atoms. The van der Waals surface area contributed by atoms with Crippen LogP contribution >= 0.6 is 22.7 Å². The number of carbonyl (C=O) groups is 7. The Balaban J connectivity index is 0.662. The Morgan fingerprint density at radius 3 is 2.19 bits per heavy atom. The molecule has 0 radical (unpaired) electrons. The minimum absolute atomic E-state index is 0.0172. The van der Waals surface area contributed by atoms with E-state index in [2.05, 4.69) is 31.6 Å². The van der Waals surface area contributed by atoms with Crippen LogP contribution in [0.15, 0.2) is 71.6 Å². The van der Waals surface area contributed by atoms with Crippen LogP contribution in [0.2, 0.25) is 0 Å². The fourth-order valence-electron chi connectivity index (χ4n) is 10.6. The number of ether oxygens (including phenoxy) is 3. The van der Waals surface area contributed by atoms with Crippen LogP contribution in [0.25, 0.3) is 20.7 Å². The van der Waals surface area contributed by atoms with Crippen molar-refractivity contribution < 1.29 is 52.9 Å². The van der Waals surface area contributed by atoms with Gasteiger partial charge in [-0.25, -0.2) is 4.98 Å². The van der Waals surface area contributed by atoms with Gasteiger partial charge in [0.25, 0.3) is 5.91 Å². The van der Waals surface area contributed by atoms with E-state index in [1.807, 2.05) is 118 Å². The molecule has 2 aromatic carbocycles. The van der Waals surface area contributed by atoms with Crippen molar-refractivity contribution in [1.29, 1.82) is 0 Å². The number of hydrogen-bond donors (Lipinski definition) is 6. The standard InChI is InChI=1S/C62H85N9O11S2/c1-7-70(47-13-11-12-41(2)34-47)55(75)39-71-49-24-33-83-52(49)35-50(71)60(78)67-46-21-19-45(20-22-46)58(76)64-25-10-8-9-14-53(73)63-26-28-81-30-32-82-31-29-80-27-23-54(74)68-57(62(4,5)6)61(79)69-37-48(51(72)38-69)59(77)65-36-43-15-17-44(18-16-43)56-42(3)66-40-84-56/h11-13,15-18,24,33-35,40,45-46,48,51,57,72H,7-10,14,19-23,25-32,36-39H2,1-6H3,(H,63,73)(H,64,76)(H,65,77)(H,67,78)(H,68,74)/t45?,46?,48-,51-,57?/m1/s1. The summed E-state index contributed by atoms with van der Waals surface area (Å²) >= 11 is 3.11. The van der Waals surface area contributed by atoms with Crippen molar-refractivity contribution in [1.82, 2.24) is 41.0 Å². The van der Waals surface area contributed by atoms with Gasteiger partial charge in [0.2, 0.25) is 35.4 Å². The third-order valence-corrected chi connectivity index (χ3v) is 17.2. The lowest BCUT2D eigenvalue weighted by molar-refractivity contribution is -0.139. The summed E-state index contributed by atoms with van der Waals surface area (Å²) in [6, 6.07) is 18.6. The second-order valence-corrected chi connectivity index (χ2v) is 24.6. The lowest BCUT2D eigenvalue weighted by atomic mass is 9.85. The van der Waals surface area contributed by atoms with Gasteiger partial charge in [-0.3, -0.25) is 33.6 Å². The Bertz CT molecular complexity index is 2980. The number of aryl methyl sites for hydroxylation is 2. The first-order valence-electron chi connectivity index (χ1n) is 29.5. The molecule has 84 heavy (non-hydrogen) atoms. The molecule has 7 amide bonds. The van der Waals surface area contributed by atoms with Gasteiger partial charge in [-0.2, -0.15) is 0 Å². The summed E-state index contributed by atoms with van der Waals surface area (Å²) in [5.41, 5.74) is 7.29. The number of aliphatic hydroxyl groups is 1. The van der Waals surface area contributed by atoms with E-state index in [1.54, 1.807) is 16.2 Å². The molecule has 456 valence electrons. The topological polar surface area (TPSA) is 252 Å². The molecule has 3 aromatic heterocycles. The number of fused-ring (bicyclic) bond motifs is 1. The summed E-state index contributed by atoms with van der Waals surface area (Å²) in [6.45, 7) is 14.9. The number of rotatable bonds is 31. The molecule has 7 rings (SSSR count). The maximum absolute atomic E-state index is 13.8. The smallest absolute Gasteiger partial charge is 0.268 e. The Kier molecular flexibility index (Phi) is 24.8. The fourth-order valence-corrected chi connectivity index (χ4v) is 12.2. The fraction of sp³-hybridized carbons (Fsp3) is 0.548. The SMILES string of the molecule is CCN(C(=O)Cn1c(C(=O)NC2CCC(C(=O)NCCCCCC(=O)NCCOCCOCCOCCC(=O)NC(C(=O)N3C[C@@H](O)[C@H](C(=O)NCc4ccc(-c5scnc5C)cc4)C3)C(C)(C)C)CC2)cc2sccc21)c1cccc(C)c1.